The number of carbonyl (C=O) groups is 1. The number of piperidine rings is 1. The number of hydrogen-bond acceptors (Lipinski definition) is 10. The number of benzene rings is 4. The van der Waals surface area contributed by atoms with Crippen LogP contribution in [-0.4, -0.2) is 75.6 Å². The van der Waals surface area contributed by atoms with E-state index in [4.69, 9.17) is 9.47 Å². The standard InChI is InChI=1S/C49H61N5O7S/c1-34-43-29-37(49(43,2)3)30-45(34)53(24-10-13-35-11-6-4-7-12-35)38-20-25-52(26-21-38)39-16-18-42(47(31-39)61-40-14-8-5-9-15-40)48(55)51-62(58,59)41-17-19-44(46(32-41)54(56)57)50-33-36-22-27-60-28-23-36/h4-9,11-12,14-19,31-32,34,36-38,43,45,50H,10,13,20-30,33H2,1-3H3,(H,51,55)/t34-,37+,43-,45-/m0/s1. The lowest BCUT2D eigenvalue weighted by Gasteiger charge is -2.64. The minimum atomic E-state index is -4.51. The van der Waals surface area contributed by atoms with Crippen LogP contribution in [-0.2, 0) is 21.2 Å². The van der Waals surface area contributed by atoms with Crippen molar-refractivity contribution in [3.8, 4) is 11.5 Å². The zero-order valence-corrected chi connectivity index (χ0v) is 37.0. The molecule has 2 bridgehead atoms. The van der Waals surface area contributed by atoms with Gasteiger partial charge in [0.15, 0.2) is 0 Å². The van der Waals surface area contributed by atoms with Gasteiger partial charge >= 0.3 is 0 Å². The molecule has 330 valence electrons. The summed E-state index contributed by atoms with van der Waals surface area (Å²) < 4.78 is 41.2. The van der Waals surface area contributed by atoms with Crippen molar-refractivity contribution in [3.63, 3.8) is 0 Å². The van der Waals surface area contributed by atoms with Crippen molar-refractivity contribution in [2.75, 3.05) is 49.6 Å². The second-order valence-corrected chi connectivity index (χ2v) is 20.2. The van der Waals surface area contributed by atoms with Gasteiger partial charge in [0.1, 0.15) is 17.2 Å². The molecule has 2 aliphatic heterocycles. The lowest BCUT2D eigenvalue weighted by molar-refractivity contribution is -0.384. The number of ether oxygens (including phenoxy) is 2. The maximum atomic E-state index is 13.9. The van der Waals surface area contributed by atoms with Gasteiger partial charge in [0, 0.05) is 62.8 Å². The molecule has 0 radical (unpaired) electrons. The number of sulfonamides is 1. The van der Waals surface area contributed by atoms with E-state index in [9.17, 15) is 23.3 Å². The van der Waals surface area contributed by atoms with Gasteiger partial charge in [0.25, 0.3) is 21.6 Å². The van der Waals surface area contributed by atoms with Crippen LogP contribution in [0.5, 0.6) is 11.5 Å². The molecule has 4 aromatic carbocycles. The molecule has 13 heteroatoms. The topological polar surface area (TPSA) is 143 Å². The predicted octanol–water partition coefficient (Wildman–Crippen LogP) is 9.32. The molecule has 5 aliphatic rings. The van der Waals surface area contributed by atoms with E-state index in [0.717, 1.165) is 81.7 Å². The van der Waals surface area contributed by atoms with E-state index in [2.05, 4.69) is 70.9 Å². The smallest absolute Gasteiger partial charge is 0.293 e. The third-order valence-corrected chi connectivity index (χ3v) is 15.9. The third kappa shape index (κ3) is 9.65. The molecule has 9 rings (SSSR count). The lowest BCUT2D eigenvalue weighted by atomic mass is 9.44. The minimum absolute atomic E-state index is 0.0256. The van der Waals surface area contributed by atoms with Crippen molar-refractivity contribution in [1.82, 2.24) is 9.62 Å². The molecule has 4 aromatic rings. The van der Waals surface area contributed by atoms with Crippen molar-refractivity contribution in [2.45, 2.75) is 89.1 Å². The fourth-order valence-corrected chi connectivity index (χ4v) is 11.7. The Bertz CT molecular complexity index is 2300. The van der Waals surface area contributed by atoms with Crippen molar-refractivity contribution in [3.05, 3.63) is 118 Å². The van der Waals surface area contributed by atoms with Gasteiger partial charge in [-0.15, -0.1) is 0 Å². The van der Waals surface area contributed by atoms with Crippen LogP contribution in [0.4, 0.5) is 17.1 Å². The molecule has 2 saturated heterocycles. The summed E-state index contributed by atoms with van der Waals surface area (Å²) in [4.78, 5) is 30.2. The molecule has 0 spiro atoms. The number of carbonyl (C=O) groups excluding carboxylic acids is 1. The number of rotatable bonds is 16. The molecule has 0 aromatic heterocycles. The van der Waals surface area contributed by atoms with Crippen LogP contribution in [0.3, 0.4) is 0 Å². The molecule has 2 N–H and O–H groups in total. The summed E-state index contributed by atoms with van der Waals surface area (Å²) in [5.74, 6) is 2.30. The number of hydrogen-bond donors (Lipinski definition) is 2. The Hall–Kier alpha value is -4.98. The maximum absolute atomic E-state index is 13.9. The van der Waals surface area contributed by atoms with Gasteiger partial charge in [-0.3, -0.25) is 19.8 Å². The summed E-state index contributed by atoms with van der Waals surface area (Å²) in [6.45, 7) is 12.0. The minimum Gasteiger partial charge on any atom is -0.456 e. The van der Waals surface area contributed by atoms with E-state index in [1.54, 1.807) is 18.2 Å². The van der Waals surface area contributed by atoms with Crippen LogP contribution in [0.1, 0.15) is 81.6 Å². The van der Waals surface area contributed by atoms with Crippen LogP contribution in [0.25, 0.3) is 0 Å². The molecule has 0 unspecified atom stereocenters. The highest BCUT2D eigenvalue weighted by molar-refractivity contribution is 7.90. The average molecular weight is 864 g/mol. The molecule has 2 heterocycles. The predicted molar refractivity (Wildman–Crippen MR) is 242 cm³/mol. The van der Waals surface area contributed by atoms with Crippen LogP contribution < -0.4 is 19.7 Å². The molecule has 3 saturated carbocycles. The Morgan fingerprint density at radius 3 is 2.32 bits per heavy atom. The van der Waals surface area contributed by atoms with E-state index in [1.165, 1.54) is 30.5 Å². The molecule has 4 atom stereocenters. The van der Waals surface area contributed by atoms with Gasteiger partial charge < -0.3 is 19.7 Å². The van der Waals surface area contributed by atoms with Gasteiger partial charge in [-0.2, -0.15) is 0 Å². The van der Waals surface area contributed by atoms with Crippen LogP contribution in [0, 0.1) is 39.2 Å². The van der Waals surface area contributed by atoms with Gasteiger partial charge in [0.05, 0.1) is 15.4 Å². The zero-order valence-electron chi connectivity index (χ0n) is 36.2. The van der Waals surface area contributed by atoms with E-state index in [-0.39, 0.29) is 22.9 Å². The fraction of sp³-hybridized carbons (Fsp3) is 0.490. The number of amides is 1. The molecular weight excluding hydrogens is 803 g/mol. The van der Waals surface area contributed by atoms with E-state index >= 15 is 0 Å². The van der Waals surface area contributed by atoms with Crippen molar-refractivity contribution >= 4 is 33.0 Å². The first-order chi connectivity index (χ1) is 29.9. The maximum Gasteiger partial charge on any atom is 0.293 e. The number of para-hydroxylation sites is 1. The highest BCUT2D eigenvalue weighted by Gasteiger charge is 2.57. The number of nitrogens with zero attached hydrogens (tertiary/aromatic N) is 3. The number of nitro groups is 1. The SMILES string of the molecule is C[C@@H]1[C@@H](N(CCCc2ccccc2)C2CCN(c3ccc(C(=O)NS(=O)(=O)c4ccc(NCC5CCOCC5)c([N+](=O)[O-])c4)c(Oc4ccccc4)c3)CC2)C[C@H]2C[C@@H]1C2(C)C. The molecule has 5 fully saturated rings. The fourth-order valence-electron chi connectivity index (χ4n) is 10.8. The Morgan fingerprint density at radius 1 is 0.935 bits per heavy atom. The summed E-state index contributed by atoms with van der Waals surface area (Å²) in [6.07, 6.45) is 8.52. The summed E-state index contributed by atoms with van der Waals surface area (Å²) in [5, 5.41) is 15.2. The van der Waals surface area contributed by atoms with Crippen molar-refractivity contribution in [1.29, 1.82) is 0 Å². The summed E-state index contributed by atoms with van der Waals surface area (Å²) in [7, 11) is -4.51. The first kappa shape index (κ1) is 43.7. The Labute approximate surface area is 366 Å². The van der Waals surface area contributed by atoms with Gasteiger partial charge in [-0.1, -0.05) is 69.3 Å². The Balaban J connectivity index is 0.974. The molecule has 3 aliphatic carbocycles. The van der Waals surface area contributed by atoms with E-state index in [0.29, 0.717) is 48.9 Å². The summed E-state index contributed by atoms with van der Waals surface area (Å²) in [5.41, 5.74) is 2.55. The molecule has 1 amide bonds. The highest BCUT2D eigenvalue weighted by Crippen LogP contribution is 2.62. The Kier molecular flexibility index (Phi) is 13.2. The normalized spacial score (nSPS) is 22.7. The molecular formula is C49H61N5O7S. The van der Waals surface area contributed by atoms with E-state index < -0.39 is 31.4 Å². The van der Waals surface area contributed by atoms with E-state index in [1.807, 2.05) is 30.3 Å². The van der Waals surface area contributed by atoms with Crippen LogP contribution in [0.2, 0.25) is 0 Å². The molecule has 62 heavy (non-hydrogen) atoms. The van der Waals surface area contributed by atoms with Crippen LogP contribution in [0.15, 0.2) is 102 Å². The number of fused-ring (bicyclic) bond motifs is 2. The van der Waals surface area contributed by atoms with Crippen LogP contribution >= 0.6 is 0 Å². The Morgan fingerprint density at radius 2 is 1.65 bits per heavy atom. The van der Waals surface area contributed by atoms with Crippen molar-refractivity contribution < 1.29 is 27.6 Å². The number of nitro benzene ring substituents is 1. The van der Waals surface area contributed by atoms with Gasteiger partial charge in [-0.25, -0.2) is 13.1 Å². The molecule has 12 nitrogen and oxygen atoms in total. The zero-order chi connectivity index (χ0) is 43.4. The number of aryl methyl sites for hydroxylation is 1. The third-order valence-electron chi connectivity index (χ3n) is 14.6. The van der Waals surface area contributed by atoms with Gasteiger partial charge in [-0.05, 0) is 129 Å². The number of anilines is 2. The summed E-state index contributed by atoms with van der Waals surface area (Å²) in [6, 6.07) is 29.8. The average Bonchev–Trinajstić information content (AvgIpc) is 3.28. The monoisotopic (exact) mass is 863 g/mol. The van der Waals surface area contributed by atoms with Gasteiger partial charge in [0.2, 0.25) is 0 Å². The lowest BCUT2D eigenvalue weighted by Crippen LogP contribution is -2.63. The quantitative estimate of drug-likeness (QED) is 0.0827. The largest absolute Gasteiger partial charge is 0.456 e. The summed E-state index contributed by atoms with van der Waals surface area (Å²) >= 11 is 0. The second-order valence-electron chi connectivity index (χ2n) is 18.5. The van der Waals surface area contributed by atoms with Crippen molar-refractivity contribution in [2.24, 2.45) is 29.1 Å². The number of nitrogens with one attached hydrogen (secondary N) is 2. The first-order valence-electron chi connectivity index (χ1n) is 22.5. The first-order valence-corrected chi connectivity index (χ1v) is 23.9. The second kappa shape index (κ2) is 18.8. The highest BCUT2D eigenvalue weighted by atomic mass is 32.2.